The van der Waals surface area contributed by atoms with E-state index in [0.29, 0.717) is 25.6 Å². The summed E-state index contributed by atoms with van der Waals surface area (Å²) in [5.41, 5.74) is 1.11. The molecule has 0 saturated heterocycles. The van der Waals surface area contributed by atoms with Crippen LogP contribution in [0.4, 0.5) is 0 Å². The number of rotatable bonds is 8. The molecule has 118 valence electrons. The molecule has 0 heterocycles. The van der Waals surface area contributed by atoms with E-state index >= 15 is 0 Å². The average molecular weight is 292 g/mol. The number of nitrogens with zero attached hydrogens (tertiary/aromatic N) is 1. The van der Waals surface area contributed by atoms with Crippen molar-refractivity contribution in [2.45, 2.75) is 52.3 Å². The monoisotopic (exact) mass is 292 g/mol. The van der Waals surface area contributed by atoms with Crippen LogP contribution in [0.15, 0.2) is 30.3 Å². The lowest BCUT2D eigenvalue weighted by Crippen LogP contribution is -2.39. The van der Waals surface area contributed by atoms with Crippen LogP contribution in [0.5, 0.6) is 0 Å². The lowest BCUT2D eigenvalue weighted by atomic mass is 10.1. The molecule has 4 nitrogen and oxygen atoms in total. The molecule has 21 heavy (non-hydrogen) atoms. The van der Waals surface area contributed by atoms with Crippen molar-refractivity contribution in [1.29, 1.82) is 0 Å². The van der Waals surface area contributed by atoms with Gasteiger partial charge < -0.3 is 10.4 Å². The second-order valence-corrected chi connectivity index (χ2v) is 5.89. The first kappa shape index (κ1) is 17.7. The van der Waals surface area contributed by atoms with Crippen molar-refractivity contribution in [3.63, 3.8) is 0 Å². The summed E-state index contributed by atoms with van der Waals surface area (Å²) in [5, 5.41) is 12.5. The highest BCUT2D eigenvalue weighted by Crippen LogP contribution is 2.11. The number of carbonyl (C=O) groups excluding carboxylic acids is 1. The first-order valence-corrected chi connectivity index (χ1v) is 7.66. The van der Waals surface area contributed by atoms with Crippen molar-refractivity contribution in [2.75, 3.05) is 13.1 Å². The van der Waals surface area contributed by atoms with Crippen molar-refractivity contribution in [3.8, 4) is 0 Å². The SMILES string of the molecule is CC(O)CN(CCC(=O)NC(C)c1ccccc1)C(C)C. The Morgan fingerprint density at radius 1 is 1.19 bits per heavy atom. The van der Waals surface area contributed by atoms with Crippen molar-refractivity contribution in [1.82, 2.24) is 10.2 Å². The summed E-state index contributed by atoms with van der Waals surface area (Å²) in [6, 6.07) is 10.3. The van der Waals surface area contributed by atoms with E-state index in [2.05, 4.69) is 24.1 Å². The van der Waals surface area contributed by atoms with Gasteiger partial charge in [-0.25, -0.2) is 0 Å². The van der Waals surface area contributed by atoms with E-state index < -0.39 is 0 Å². The van der Waals surface area contributed by atoms with Crippen LogP contribution in [0, 0.1) is 0 Å². The van der Waals surface area contributed by atoms with Crippen LogP contribution in [-0.4, -0.2) is 41.1 Å². The molecule has 0 spiro atoms. The number of amides is 1. The second-order valence-electron chi connectivity index (χ2n) is 5.89. The van der Waals surface area contributed by atoms with Gasteiger partial charge in [0.1, 0.15) is 0 Å². The van der Waals surface area contributed by atoms with E-state index in [1.807, 2.05) is 37.3 Å². The molecule has 0 aliphatic rings. The number of aliphatic hydroxyl groups is 1. The Kier molecular flexibility index (Phi) is 7.40. The molecule has 2 atom stereocenters. The maximum Gasteiger partial charge on any atom is 0.221 e. The first-order valence-electron chi connectivity index (χ1n) is 7.66. The molecule has 4 heteroatoms. The minimum atomic E-state index is -0.376. The third kappa shape index (κ3) is 6.74. The number of aliphatic hydroxyl groups excluding tert-OH is 1. The number of hydrogen-bond donors (Lipinski definition) is 2. The summed E-state index contributed by atoms with van der Waals surface area (Å²) in [7, 11) is 0. The Morgan fingerprint density at radius 2 is 1.81 bits per heavy atom. The zero-order valence-electron chi connectivity index (χ0n) is 13.5. The zero-order valence-corrected chi connectivity index (χ0v) is 13.5. The van der Waals surface area contributed by atoms with E-state index in [-0.39, 0.29) is 18.1 Å². The summed E-state index contributed by atoms with van der Waals surface area (Å²) < 4.78 is 0. The fraction of sp³-hybridized carbons (Fsp3) is 0.588. The summed E-state index contributed by atoms with van der Waals surface area (Å²) in [6.45, 7) is 9.17. The average Bonchev–Trinajstić information content (AvgIpc) is 2.43. The standard InChI is InChI=1S/C17H28N2O2/c1-13(2)19(12-14(3)20)11-10-17(21)18-15(4)16-8-6-5-7-9-16/h5-9,13-15,20H,10-12H2,1-4H3,(H,18,21). The summed E-state index contributed by atoms with van der Waals surface area (Å²) in [6.07, 6.45) is 0.0703. The van der Waals surface area contributed by atoms with Gasteiger partial charge in [0.25, 0.3) is 0 Å². The lowest BCUT2D eigenvalue weighted by molar-refractivity contribution is -0.122. The molecule has 1 aromatic carbocycles. The molecule has 0 saturated carbocycles. The van der Waals surface area contributed by atoms with Gasteiger partial charge in [-0.05, 0) is 33.3 Å². The third-order valence-corrected chi connectivity index (χ3v) is 3.53. The van der Waals surface area contributed by atoms with Crippen molar-refractivity contribution < 1.29 is 9.90 Å². The maximum atomic E-state index is 12.0. The Bertz CT molecular complexity index is 418. The number of benzene rings is 1. The number of nitrogens with one attached hydrogen (secondary N) is 1. The smallest absolute Gasteiger partial charge is 0.221 e. The molecule has 1 amide bonds. The molecule has 0 aromatic heterocycles. The Balaban J connectivity index is 2.42. The maximum absolute atomic E-state index is 12.0. The molecule has 0 radical (unpaired) electrons. The molecular weight excluding hydrogens is 264 g/mol. The third-order valence-electron chi connectivity index (χ3n) is 3.53. The second kappa shape index (κ2) is 8.80. The van der Waals surface area contributed by atoms with Crippen LogP contribution in [-0.2, 0) is 4.79 Å². The zero-order chi connectivity index (χ0) is 15.8. The van der Waals surface area contributed by atoms with Gasteiger partial charge in [0.05, 0.1) is 12.1 Å². The molecule has 1 aromatic rings. The number of hydrogen-bond acceptors (Lipinski definition) is 3. The van der Waals surface area contributed by atoms with E-state index in [1.165, 1.54) is 0 Å². The Labute approximate surface area is 128 Å². The Morgan fingerprint density at radius 3 is 2.33 bits per heavy atom. The minimum Gasteiger partial charge on any atom is -0.392 e. The molecule has 0 aliphatic heterocycles. The lowest BCUT2D eigenvalue weighted by Gasteiger charge is -2.27. The van der Waals surface area contributed by atoms with Gasteiger partial charge in [-0.1, -0.05) is 30.3 Å². The van der Waals surface area contributed by atoms with Crippen LogP contribution in [0.3, 0.4) is 0 Å². The summed E-state index contributed by atoms with van der Waals surface area (Å²) in [4.78, 5) is 14.2. The summed E-state index contributed by atoms with van der Waals surface area (Å²) in [5.74, 6) is 0.0441. The van der Waals surface area contributed by atoms with Gasteiger partial charge in [-0.15, -0.1) is 0 Å². The molecule has 0 aliphatic carbocycles. The van der Waals surface area contributed by atoms with Gasteiger partial charge in [-0.2, -0.15) is 0 Å². The van der Waals surface area contributed by atoms with Gasteiger partial charge in [0, 0.05) is 25.6 Å². The highest BCUT2D eigenvalue weighted by molar-refractivity contribution is 5.76. The van der Waals surface area contributed by atoms with E-state index in [9.17, 15) is 9.90 Å². The molecule has 0 bridgehead atoms. The summed E-state index contributed by atoms with van der Waals surface area (Å²) >= 11 is 0. The van der Waals surface area contributed by atoms with Crippen molar-refractivity contribution in [3.05, 3.63) is 35.9 Å². The van der Waals surface area contributed by atoms with Gasteiger partial charge >= 0.3 is 0 Å². The van der Waals surface area contributed by atoms with E-state index in [4.69, 9.17) is 0 Å². The number of carbonyl (C=O) groups is 1. The predicted octanol–water partition coefficient (Wildman–Crippen LogP) is 2.35. The molecule has 0 fully saturated rings. The highest BCUT2D eigenvalue weighted by Gasteiger charge is 2.15. The molecule has 2 N–H and O–H groups in total. The van der Waals surface area contributed by atoms with Crippen LogP contribution in [0.1, 0.15) is 45.7 Å². The van der Waals surface area contributed by atoms with Gasteiger partial charge in [0.15, 0.2) is 0 Å². The predicted molar refractivity (Wildman–Crippen MR) is 86.0 cm³/mol. The van der Waals surface area contributed by atoms with Crippen molar-refractivity contribution >= 4 is 5.91 Å². The fourth-order valence-corrected chi connectivity index (χ4v) is 2.28. The topological polar surface area (TPSA) is 52.6 Å². The molecule has 1 rings (SSSR count). The fourth-order valence-electron chi connectivity index (χ4n) is 2.28. The van der Waals surface area contributed by atoms with Gasteiger partial charge in [-0.3, -0.25) is 9.69 Å². The first-order chi connectivity index (χ1) is 9.90. The van der Waals surface area contributed by atoms with Crippen molar-refractivity contribution in [2.24, 2.45) is 0 Å². The van der Waals surface area contributed by atoms with Gasteiger partial charge in [0.2, 0.25) is 5.91 Å². The molecular formula is C17H28N2O2. The largest absolute Gasteiger partial charge is 0.392 e. The Hall–Kier alpha value is -1.39. The van der Waals surface area contributed by atoms with Crippen LogP contribution in [0.25, 0.3) is 0 Å². The van der Waals surface area contributed by atoms with Crippen LogP contribution < -0.4 is 5.32 Å². The normalized spacial score (nSPS) is 14.2. The van der Waals surface area contributed by atoms with E-state index in [0.717, 1.165) is 5.56 Å². The van der Waals surface area contributed by atoms with Crippen LogP contribution >= 0.6 is 0 Å². The molecule has 2 unspecified atom stereocenters. The quantitative estimate of drug-likeness (QED) is 0.773. The van der Waals surface area contributed by atoms with Crippen LogP contribution in [0.2, 0.25) is 0 Å². The highest BCUT2D eigenvalue weighted by atomic mass is 16.3. The van der Waals surface area contributed by atoms with E-state index in [1.54, 1.807) is 6.92 Å². The minimum absolute atomic E-state index is 0.0166.